The van der Waals surface area contributed by atoms with Gasteiger partial charge in [-0.05, 0) is 44.5 Å². The summed E-state index contributed by atoms with van der Waals surface area (Å²) in [6.45, 7) is 6.33. The van der Waals surface area contributed by atoms with Gasteiger partial charge in [0.2, 0.25) is 0 Å². The summed E-state index contributed by atoms with van der Waals surface area (Å²) in [7, 11) is 0. The highest BCUT2D eigenvalue weighted by molar-refractivity contribution is 5.21. The Morgan fingerprint density at radius 2 is 2.40 bits per heavy atom. The molecule has 1 N–H and O–H groups in total. The van der Waals surface area contributed by atoms with Crippen LogP contribution in [0, 0.1) is 6.92 Å². The molecule has 0 spiro atoms. The van der Waals surface area contributed by atoms with Crippen molar-refractivity contribution in [2.75, 3.05) is 13.1 Å². The van der Waals surface area contributed by atoms with Crippen LogP contribution in [0.3, 0.4) is 0 Å². The Hall–Kier alpha value is -1.09. The molecule has 0 bridgehead atoms. The number of hydrogen-bond acceptors (Lipinski definition) is 2. The topological polar surface area (TPSA) is 36.1 Å². The predicted octanol–water partition coefficient (Wildman–Crippen LogP) is 1.84. The zero-order valence-corrected chi connectivity index (χ0v) is 9.42. The third-order valence-electron chi connectivity index (χ3n) is 3.27. The summed E-state index contributed by atoms with van der Waals surface area (Å²) < 4.78 is 0. The standard InChI is InChI=1S/C12H18N2O/c1-3-14-6-4-5-11(14)10-7-9(2)12(15)13-8-10/h7-8,11H,3-6H2,1-2H3,(H,13,15)/t11-/m1/s1. The molecule has 0 amide bonds. The van der Waals surface area contributed by atoms with Gasteiger partial charge in [-0.1, -0.05) is 6.92 Å². The molecule has 0 aliphatic carbocycles. The van der Waals surface area contributed by atoms with Gasteiger partial charge in [-0.2, -0.15) is 0 Å². The van der Waals surface area contributed by atoms with Crippen LogP contribution in [-0.4, -0.2) is 23.0 Å². The Morgan fingerprint density at radius 3 is 3.07 bits per heavy atom. The number of nitrogens with zero attached hydrogens (tertiary/aromatic N) is 1. The Bertz CT molecular complexity index is 397. The van der Waals surface area contributed by atoms with E-state index in [9.17, 15) is 4.79 Å². The molecule has 0 radical (unpaired) electrons. The molecule has 2 heterocycles. The summed E-state index contributed by atoms with van der Waals surface area (Å²) in [6, 6.07) is 2.53. The van der Waals surface area contributed by atoms with Crippen LogP contribution in [0.1, 0.15) is 36.9 Å². The van der Waals surface area contributed by atoms with Crippen LogP contribution in [0.15, 0.2) is 17.1 Å². The van der Waals surface area contributed by atoms with E-state index in [0.717, 1.165) is 12.1 Å². The first-order valence-electron chi connectivity index (χ1n) is 5.65. The molecule has 3 nitrogen and oxygen atoms in total. The second-order valence-corrected chi connectivity index (χ2v) is 4.23. The lowest BCUT2D eigenvalue weighted by Crippen LogP contribution is -2.23. The molecule has 15 heavy (non-hydrogen) atoms. The molecule has 1 aromatic rings. The minimum absolute atomic E-state index is 0.0276. The zero-order valence-electron chi connectivity index (χ0n) is 9.42. The molecule has 1 aliphatic heterocycles. The first-order chi connectivity index (χ1) is 7.22. The zero-order chi connectivity index (χ0) is 10.8. The molecule has 2 rings (SSSR count). The van der Waals surface area contributed by atoms with Crippen molar-refractivity contribution in [1.82, 2.24) is 9.88 Å². The van der Waals surface area contributed by atoms with Gasteiger partial charge >= 0.3 is 0 Å². The molecule has 0 saturated carbocycles. The number of aromatic nitrogens is 1. The smallest absolute Gasteiger partial charge is 0.250 e. The molecule has 1 aromatic heterocycles. The summed E-state index contributed by atoms with van der Waals surface area (Å²) in [5.74, 6) is 0. The molecule has 1 atom stereocenters. The van der Waals surface area contributed by atoms with Gasteiger partial charge in [-0.25, -0.2) is 0 Å². The summed E-state index contributed by atoms with van der Waals surface area (Å²) in [6.07, 6.45) is 4.34. The van der Waals surface area contributed by atoms with Crippen LogP contribution in [0.5, 0.6) is 0 Å². The second kappa shape index (κ2) is 4.19. The largest absolute Gasteiger partial charge is 0.329 e. The van der Waals surface area contributed by atoms with Gasteiger partial charge < -0.3 is 4.98 Å². The third kappa shape index (κ3) is 1.97. The molecule has 1 saturated heterocycles. The third-order valence-corrected chi connectivity index (χ3v) is 3.27. The number of aromatic amines is 1. The van der Waals surface area contributed by atoms with E-state index < -0.39 is 0 Å². The van der Waals surface area contributed by atoms with Crippen molar-refractivity contribution in [3.63, 3.8) is 0 Å². The van der Waals surface area contributed by atoms with E-state index in [1.807, 2.05) is 19.2 Å². The van der Waals surface area contributed by atoms with Gasteiger partial charge in [0.05, 0.1) is 0 Å². The van der Waals surface area contributed by atoms with Gasteiger partial charge in [-0.3, -0.25) is 9.69 Å². The van der Waals surface area contributed by atoms with E-state index >= 15 is 0 Å². The number of likely N-dealkylation sites (tertiary alicyclic amines) is 1. The molecule has 1 aliphatic rings. The van der Waals surface area contributed by atoms with Crippen LogP contribution in [0.4, 0.5) is 0 Å². The average molecular weight is 206 g/mol. The summed E-state index contributed by atoms with van der Waals surface area (Å²) >= 11 is 0. The maximum Gasteiger partial charge on any atom is 0.250 e. The van der Waals surface area contributed by atoms with Crippen molar-refractivity contribution in [2.45, 2.75) is 32.7 Å². The molecule has 3 heteroatoms. The number of rotatable bonds is 2. The van der Waals surface area contributed by atoms with Gasteiger partial charge in [0, 0.05) is 17.8 Å². The maximum atomic E-state index is 11.3. The van der Waals surface area contributed by atoms with Crippen molar-refractivity contribution in [3.8, 4) is 0 Å². The van der Waals surface area contributed by atoms with E-state index in [0.29, 0.717) is 6.04 Å². The molecular formula is C12H18N2O. The minimum atomic E-state index is 0.0276. The fourth-order valence-corrected chi connectivity index (χ4v) is 2.39. The van der Waals surface area contributed by atoms with Crippen LogP contribution in [-0.2, 0) is 0 Å². The van der Waals surface area contributed by atoms with E-state index in [1.54, 1.807) is 0 Å². The Kier molecular flexibility index (Phi) is 2.91. The Balaban J connectivity index is 2.29. The minimum Gasteiger partial charge on any atom is -0.329 e. The predicted molar refractivity (Wildman–Crippen MR) is 61.0 cm³/mol. The van der Waals surface area contributed by atoms with E-state index in [1.165, 1.54) is 24.9 Å². The molecule has 82 valence electrons. The number of aryl methyl sites for hydroxylation is 1. The number of pyridine rings is 1. The monoisotopic (exact) mass is 206 g/mol. The lowest BCUT2D eigenvalue weighted by Gasteiger charge is -2.22. The van der Waals surface area contributed by atoms with Crippen LogP contribution in [0.2, 0.25) is 0 Å². The van der Waals surface area contributed by atoms with Gasteiger partial charge in [0.25, 0.3) is 5.56 Å². The summed E-state index contributed by atoms with van der Waals surface area (Å²) in [5, 5.41) is 0. The van der Waals surface area contributed by atoms with Crippen LogP contribution in [0.25, 0.3) is 0 Å². The van der Waals surface area contributed by atoms with Crippen molar-refractivity contribution in [3.05, 3.63) is 33.7 Å². The first kappa shape index (κ1) is 10.4. The molecule has 0 aromatic carbocycles. The van der Waals surface area contributed by atoms with Gasteiger partial charge in [0.15, 0.2) is 0 Å². The summed E-state index contributed by atoms with van der Waals surface area (Å²) in [5.41, 5.74) is 2.10. The SMILES string of the molecule is CCN1CCC[C@@H]1c1c[nH]c(=O)c(C)c1. The number of hydrogen-bond donors (Lipinski definition) is 1. The van der Waals surface area contributed by atoms with Gasteiger partial charge in [-0.15, -0.1) is 0 Å². The fourth-order valence-electron chi connectivity index (χ4n) is 2.39. The molecule has 0 unspecified atom stereocenters. The lowest BCUT2D eigenvalue weighted by molar-refractivity contribution is 0.271. The highest BCUT2D eigenvalue weighted by Gasteiger charge is 2.24. The van der Waals surface area contributed by atoms with Gasteiger partial charge in [0.1, 0.15) is 0 Å². The highest BCUT2D eigenvalue weighted by Crippen LogP contribution is 2.30. The first-order valence-corrected chi connectivity index (χ1v) is 5.65. The maximum absolute atomic E-state index is 11.3. The van der Waals surface area contributed by atoms with Crippen LogP contribution < -0.4 is 5.56 Å². The van der Waals surface area contributed by atoms with Crippen molar-refractivity contribution in [1.29, 1.82) is 0 Å². The Labute approximate surface area is 90.1 Å². The normalized spacial score (nSPS) is 22.1. The van der Waals surface area contributed by atoms with Crippen molar-refractivity contribution in [2.24, 2.45) is 0 Å². The van der Waals surface area contributed by atoms with Crippen LogP contribution >= 0.6 is 0 Å². The van der Waals surface area contributed by atoms with Crippen molar-refractivity contribution >= 4 is 0 Å². The number of nitrogens with one attached hydrogen (secondary N) is 1. The van der Waals surface area contributed by atoms with E-state index in [4.69, 9.17) is 0 Å². The van der Waals surface area contributed by atoms with Crippen molar-refractivity contribution < 1.29 is 0 Å². The molecular weight excluding hydrogens is 188 g/mol. The second-order valence-electron chi connectivity index (χ2n) is 4.23. The Morgan fingerprint density at radius 1 is 1.60 bits per heavy atom. The fraction of sp³-hybridized carbons (Fsp3) is 0.583. The average Bonchev–Trinajstić information content (AvgIpc) is 2.70. The quantitative estimate of drug-likeness (QED) is 0.801. The lowest BCUT2D eigenvalue weighted by atomic mass is 10.1. The van der Waals surface area contributed by atoms with E-state index in [2.05, 4.69) is 16.8 Å². The number of H-pyrrole nitrogens is 1. The summed E-state index contributed by atoms with van der Waals surface area (Å²) in [4.78, 5) is 16.5. The highest BCUT2D eigenvalue weighted by atomic mass is 16.1. The molecule has 1 fully saturated rings. The van der Waals surface area contributed by atoms with E-state index in [-0.39, 0.29) is 5.56 Å².